The molecule has 25 heavy (non-hydrogen) atoms. The van der Waals surface area contributed by atoms with E-state index in [9.17, 15) is 9.59 Å². The van der Waals surface area contributed by atoms with Crippen LogP contribution in [0, 0.1) is 0 Å². The fourth-order valence-corrected chi connectivity index (χ4v) is 2.54. The van der Waals surface area contributed by atoms with Crippen molar-refractivity contribution in [2.24, 2.45) is 7.05 Å². The van der Waals surface area contributed by atoms with Gasteiger partial charge in [-0.1, -0.05) is 37.1 Å². The second kappa shape index (κ2) is 9.22. The van der Waals surface area contributed by atoms with Crippen LogP contribution < -0.4 is 10.6 Å². The molecule has 0 aliphatic heterocycles. The number of carbonyl (C=O) groups excluding carboxylic acids is 2. The van der Waals surface area contributed by atoms with E-state index in [2.05, 4.69) is 22.5 Å². The van der Waals surface area contributed by atoms with Crippen molar-refractivity contribution in [1.82, 2.24) is 14.9 Å². The number of halogens is 1. The van der Waals surface area contributed by atoms with Crippen molar-refractivity contribution < 1.29 is 9.59 Å². The Labute approximate surface area is 152 Å². The largest absolute Gasteiger partial charge is 0.356 e. The van der Waals surface area contributed by atoms with Crippen LogP contribution in [0.4, 0.5) is 5.95 Å². The van der Waals surface area contributed by atoms with Crippen molar-refractivity contribution in [2.75, 3.05) is 11.9 Å². The van der Waals surface area contributed by atoms with Crippen LogP contribution in [0.2, 0.25) is 5.02 Å². The molecule has 0 aliphatic rings. The van der Waals surface area contributed by atoms with E-state index in [-0.39, 0.29) is 24.7 Å². The van der Waals surface area contributed by atoms with Crippen molar-refractivity contribution in [1.29, 1.82) is 0 Å². The Kier molecular flexibility index (Phi) is 7.01. The van der Waals surface area contributed by atoms with Crippen LogP contribution in [0.15, 0.2) is 30.5 Å². The first kappa shape index (κ1) is 19.0. The maximum Gasteiger partial charge on any atom is 0.227 e. The van der Waals surface area contributed by atoms with Gasteiger partial charge in [0.05, 0.1) is 11.9 Å². The van der Waals surface area contributed by atoms with Gasteiger partial charge in [0.25, 0.3) is 0 Å². The molecule has 2 N–H and O–H groups in total. The number of hydrogen-bond acceptors (Lipinski definition) is 3. The minimum atomic E-state index is -0.239. The number of amides is 2. The number of imidazole rings is 1. The zero-order valence-corrected chi connectivity index (χ0v) is 15.3. The van der Waals surface area contributed by atoms with E-state index >= 15 is 0 Å². The van der Waals surface area contributed by atoms with Crippen LogP contribution >= 0.6 is 11.6 Å². The lowest BCUT2D eigenvalue weighted by molar-refractivity contribution is -0.124. The van der Waals surface area contributed by atoms with E-state index in [1.54, 1.807) is 16.8 Å². The molecule has 134 valence electrons. The topological polar surface area (TPSA) is 76.0 Å². The molecule has 1 aromatic heterocycles. The van der Waals surface area contributed by atoms with Gasteiger partial charge in [-0.15, -0.1) is 0 Å². The third-order valence-electron chi connectivity index (χ3n) is 3.79. The maximum absolute atomic E-state index is 12.0. The number of benzene rings is 1. The standard InChI is InChI=1S/C18H23ClN4O2/c1-3-4-10-20-16(24)8-9-17(25)22-18-21-12-15(23(18)2)13-6-5-7-14(19)11-13/h5-7,11-12H,3-4,8-10H2,1-2H3,(H,20,24)(H,21,22,25). The summed E-state index contributed by atoms with van der Waals surface area (Å²) in [5.41, 5.74) is 1.76. The SMILES string of the molecule is CCCCNC(=O)CCC(=O)Nc1ncc(-c2cccc(Cl)c2)n1C. The van der Waals surface area contributed by atoms with Gasteiger partial charge in [-0.2, -0.15) is 0 Å². The van der Waals surface area contributed by atoms with Crippen LogP contribution in [-0.2, 0) is 16.6 Å². The van der Waals surface area contributed by atoms with E-state index in [1.165, 1.54) is 0 Å². The third kappa shape index (κ3) is 5.60. The fourth-order valence-electron chi connectivity index (χ4n) is 2.35. The lowest BCUT2D eigenvalue weighted by Crippen LogP contribution is -2.26. The molecule has 0 spiro atoms. The van der Waals surface area contributed by atoms with Gasteiger partial charge in [0, 0.05) is 37.0 Å². The molecular weight excluding hydrogens is 340 g/mol. The summed E-state index contributed by atoms with van der Waals surface area (Å²) in [6, 6.07) is 7.43. The van der Waals surface area contributed by atoms with Gasteiger partial charge in [0.1, 0.15) is 0 Å². The van der Waals surface area contributed by atoms with Gasteiger partial charge in [0.15, 0.2) is 0 Å². The highest BCUT2D eigenvalue weighted by molar-refractivity contribution is 6.30. The fraction of sp³-hybridized carbons (Fsp3) is 0.389. The highest BCUT2D eigenvalue weighted by Crippen LogP contribution is 2.24. The first-order chi connectivity index (χ1) is 12.0. The Hall–Kier alpha value is -2.34. The highest BCUT2D eigenvalue weighted by Gasteiger charge is 2.12. The summed E-state index contributed by atoms with van der Waals surface area (Å²) in [7, 11) is 1.82. The molecule has 0 bridgehead atoms. The molecule has 2 aromatic rings. The van der Waals surface area contributed by atoms with E-state index in [0.717, 1.165) is 24.1 Å². The van der Waals surface area contributed by atoms with Crippen molar-refractivity contribution in [3.63, 3.8) is 0 Å². The molecule has 2 amide bonds. The number of carbonyl (C=O) groups is 2. The van der Waals surface area contributed by atoms with Gasteiger partial charge in [-0.3, -0.25) is 14.9 Å². The zero-order chi connectivity index (χ0) is 18.2. The van der Waals surface area contributed by atoms with Crippen LogP contribution in [0.25, 0.3) is 11.3 Å². The molecule has 0 saturated carbocycles. The molecule has 0 fully saturated rings. The Balaban J connectivity index is 1.90. The molecule has 0 unspecified atom stereocenters. The summed E-state index contributed by atoms with van der Waals surface area (Å²) < 4.78 is 1.78. The number of unbranched alkanes of at least 4 members (excludes halogenated alkanes) is 1. The second-order valence-electron chi connectivity index (χ2n) is 5.79. The monoisotopic (exact) mass is 362 g/mol. The lowest BCUT2D eigenvalue weighted by atomic mass is 10.2. The summed E-state index contributed by atoms with van der Waals surface area (Å²) in [6.45, 7) is 2.71. The van der Waals surface area contributed by atoms with Crippen LogP contribution in [0.5, 0.6) is 0 Å². The number of rotatable bonds is 8. The van der Waals surface area contributed by atoms with Gasteiger partial charge in [0.2, 0.25) is 17.8 Å². The average molecular weight is 363 g/mol. The van der Waals surface area contributed by atoms with Crippen molar-refractivity contribution in [3.05, 3.63) is 35.5 Å². The van der Waals surface area contributed by atoms with Gasteiger partial charge in [-0.25, -0.2) is 4.98 Å². The summed E-state index contributed by atoms with van der Waals surface area (Å²) in [4.78, 5) is 27.9. The first-order valence-electron chi connectivity index (χ1n) is 8.35. The molecule has 0 radical (unpaired) electrons. The summed E-state index contributed by atoms with van der Waals surface area (Å²) in [6.07, 6.45) is 3.93. The third-order valence-corrected chi connectivity index (χ3v) is 4.03. The number of anilines is 1. The molecule has 0 atom stereocenters. The van der Waals surface area contributed by atoms with Crippen LogP contribution in [-0.4, -0.2) is 27.9 Å². The maximum atomic E-state index is 12.0. The number of aromatic nitrogens is 2. The normalized spacial score (nSPS) is 10.5. The van der Waals surface area contributed by atoms with E-state index in [1.807, 2.05) is 25.2 Å². The smallest absolute Gasteiger partial charge is 0.227 e. The van der Waals surface area contributed by atoms with Crippen molar-refractivity contribution in [3.8, 4) is 11.3 Å². The van der Waals surface area contributed by atoms with Crippen molar-refractivity contribution in [2.45, 2.75) is 32.6 Å². The minimum absolute atomic E-state index is 0.108. The molecule has 0 aliphatic carbocycles. The highest BCUT2D eigenvalue weighted by atomic mass is 35.5. The molecular formula is C18H23ClN4O2. The predicted octanol–water partition coefficient (Wildman–Crippen LogP) is 3.38. The van der Waals surface area contributed by atoms with Crippen LogP contribution in [0.1, 0.15) is 32.6 Å². The number of nitrogens with one attached hydrogen (secondary N) is 2. The zero-order valence-electron chi connectivity index (χ0n) is 14.5. The summed E-state index contributed by atoms with van der Waals surface area (Å²) >= 11 is 6.02. The molecule has 7 heteroatoms. The summed E-state index contributed by atoms with van der Waals surface area (Å²) in [5, 5.41) is 6.17. The average Bonchev–Trinajstić information content (AvgIpc) is 2.94. The number of nitrogens with zero attached hydrogens (tertiary/aromatic N) is 2. The summed E-state index contributed by atoms with van der Waals surface area (Å²) in [5.74, 6) is 0.0893. The van der Waals surface area contributed by atoms with E-state index in [4.69, 9.17) is 11.6 Å². The Morgan fingerprint density at radius 1 is 1.24 bits per heavy atom. The Bertz CT molecular complexity index is 742. The molecule has 6 nitrogen and oxygen atoms in total. The quantitative estimate of drug-likeness (QED) is 0.707. The molecule has 1 aromatic carbocycles. The number of hydrogen-bond donors (Lipinski definition) is 2. The second-order valence-corrected chi connectivity index (χ2v) is 6.22. The van der Waals surface area contributed by atoms with Gasteiger partial charge < -0.3 is 9.88 Å². The molecule has 0 saturated heterocycles. The Morgan fingerprint density at radius 2 is 2.00 bits per heavy atom. The van der Waals surface area contributed by atoms with Crippen molar-refractivity contribution >= 4 is 29.4 Å². The van der Waals surface area contributed by atoms with Crippen LogP contribution in [0.3, 0.4) is 0 Å². The van der Waals surface area contributed by atoms with E-state index in [0.29, 0.717) is 17.5 Å². The Morgan fingerprint density at radius 3 is 2.72 bits per heavy atom. The van der Waals surface area contributed by atoms with Gasteiger partial charge >= 0.3 is 0 Å². The van der Waals surface area contributed by atoms with Gasteiger partial charge in [-0.05, 0) is 18.6 Å². The predicted molar refractivity (Wildman–Crippen MR) is 99.4 cm³/mol. The minimum Gasteiger partial charge on any atom is -0.356 e. The molecule has 1 heterocycles. The lowest BCUT2D eigenvalue weighted by Gasteiger charge is -2.08. The van der Waals surface area contributed by atoms with E-state index < -0.39 is 0 Å². The molecule has 2 rings (SSSR count). The first-order valence-corrected chi connectivity index (χ1v) is 8.73.